The Morgan fingerprint density at radius 1 is 1.02 bits per heavy atom. The van der Waals surface area contributed by atoms with Gasteiger partial charge in [-0.05, 0) is 93.8 Å². The first-order chi connectivity index (χ1) is 20.5. The smallest absolute Gasteiger partial charge is 0.256 e. The maximum absolute atomic E-state index is 13.4. The Bertz CT molecular complexity index is 1670. The van der Waals surface area contributed by atoms with E-state index in [9.17, 15) is 9.59 Å². The summed E-state index contributed by atoms with van der Waals surface area (Å²) in [4.78, 5) is 31.3. The Balaban J connectivity index is 0.000000343. The number of carbonyl (C=O) groups excluding carboxylic acids is 1. The molecule has 2 N–H and O–H groups in total. The van der Waals surface area contributed by atoms with Crippen LogP contribution in [0.4, 0.5) is 5.69 Å². The standard InChI is InChI=1S/C27H26N4O3.C7H15N/c1-28-21-9-8-19-24-26(21)34-23-15-18-7-3-2-6-17(18)14-22(23)31(24)16-20(25(19)32)27(33)29-10-13-30-11-4-5-12-30;1-3-7-5-4-6-8(7)2/h2-3,6-9,14-16,28H,4-5,10-13H2,1H3,(H,29,33);7H,3-6H2,1-2H3. The van der Waals surface area contributed by atoms with Crippen LogP contribution in [0.25, 0.3) is 27.4 Å². The fourth-order valence-electron chi connectivity index (χ4n) is 6.55. The van der Waals surface area contributed by atoms with Gasteiger partial charge in [0.05, 0.1) is 16.8 Å². The predicted octanol–water partition coefficient (Wildman–Crippen LogP) is 5.61. The van der Waals surface area contributed by atoms with Crippen molar-refractivity contribution in [3.63, 3.8) is 0 Å². The van der Waals surface area contributed by atoms with E-state index in [0.717, 1.165) is 47.8 Å². The summed E-state index contributed by atoms with van der Waals surface area (Å²) in [6.07, 6.45) is 8.24. The summed E-state index contributed by atoms with van der Waals surface area (Å²) in [7, 11) is 4.04. The topological polar surface area (TPSA) is 78.8 Å². The third-order valence-electron chi connectivity index (χ3n) is 8.99. The molecule has 0 radical (unpaired) electrons. The highest BCUT2D eigenvalue weighted by Gasteiger charge is 2.26. The number of aromatic nitrogens is 1. The van der Waals surface area contributed by atoms with Gasteiger partial charge in [-0.2, -0.15) is 0 Å². The third-order valence-corrected chi connectivity index (χ3v) is 8.99. The number of benzene rings is 3. The quantitative estimate of drug-likeness (QED) is 0.278. The minimum atomic E-state index is -0.345. The normalized spacial score (nSPS) is 17.9. The van der Waals surface area contributed by atoms with E-state index in [0.29, 0.717) is 28.9 Å². The van der Waals surface area contributed by atoms with E-state index in [2.05, 4.69) is 34.4 Å². The SMILES string of the molecule is CCC1CCCN1C.CNc1ccc2c(=O)c(C(=O)NCCN3CCCC3)cn3c2c1Oc1cc2ccccc2cc1-3. The van der Waals surface area contributed by atoms with Gasteiger partial charge in [0.15, 0.2) is 11.5 Å². The molecule has 220 valence electrons. The highest BCUT2D eigenvalue weighted by atomic mass is 16.5. The Morgan fingerprint density at radius 2 is 1.79 bits per heavy atom. The van der Waals surface area contributed by atoms with Crippen LogP contribution in [0, 0.1) is 0 Å². The van der Waals surface area contributed by atoms with Gasteiger partial charge in [0, 0.05) is 32.4 Å². The average molecular weight is 568 g/mol. The number of fused-ring (bicyclic) bond motifs is 3. The number of pyridine rings is 1. The number of hydrogen-bond acceptors (Lipinski definition) is 6. The Labute approximate surface area is 247 Å². The molecule has 1 aromatic heterocycles. The third kappa shape index (κ3) is 5.37. The van der Waals surface area contributed by atoms with Crippen molar-refractivity contribution in [3.8, 4) is 17.2 Å². The molecule has 0 spiro atoms. The Kier molecular flexibility index (Phi) is 8.18. The number of amides is 1. The van der Waals surface area contributed by atoms with Gasteiger partial charge < -0.3 is 29.7 Å². The number of ether oxygens (including phenoxy) is 1. The first-order valence-electron chi connectivity index (χ1n) is 15.3. The molecular weight excluding hydrogens is 526 g/mol. The second-order valence-corrected chi connectivity index (χ2v) is 11.6. The number of carbonyl (C=O) groups is 1. The second-order valence-electron chi connectivity index (χ2n) is 11.6. The number of hydrogen-bond donors (Lipinski definition) is 2. The summed E-state index contributed by atoms with van der Waals surface area (Å²) in [5.41, 5.74) is 2.09. The largest absolute Gasteiger partial charge is 0.451 e. The van der Waals surface area contributed by atoms with E-state index in [1.54, 1.807) is 12.3 Å². The molecule has 1 atom stereocenters. The van der Waals surface area contributed by atoms with Crippen molar-refractivity contribution in [2.24, 2.45) is 0 Å². The van der Waals surface area contributed by atoms with Gasteiger partial charge in [-0.15, -0.1) is 0 Å². The summed E-state index contributed by atoms with van der Waals surface area (Å²) in [5, 5.41) is 8.68. The van der Waals surface area contributed by atoms with Gasteiger partial charge in [-0.25, -0.2) is 0 Å². The summed E-state index contributed by atoms with van der Waals surface area (Å²) >= 11 is 0. The molecule has 4 heterocycles. The van der Waals surface area contributed by atoms with Crippen LogP contribution in [0.2, 0.25) is 0 Å². The molecule has 0 aliphatic carbocycles. The van der Waals surface area contributed by atoms with Crippen molar-refractivity contribution < 1.29 is 9.53 Å². The molecule has 2 saturated heterocycles. The van der Waals surface area contributed by atoms with E-state index in [-0.39, 0.29) is 16.9 Å². The first kappa shape index (κ1) is 28.2. The molecule has 3 aliphatic rings. The minimum absolute atomic E-state index is 0.137. The molecule has 8 nitrogen and oxygen atoms in total. The van der Waals surface area contributed by atoms with Gasteiger partial charge in [-0.3, -0.25) is 9.59 Å². The maximum atomic E-state index is 13.4. The number of anilines is 1. The van der Waals surface area contributed by atoms with Crippen LogP contribution in [0.5, 0.6) is 11.5 Å². The molecule has 1 unspecified atom stereocenters. The Hall–Kier alpha value is -3.88. The lowest BCUT2D eigenvalue weighted by Crippen LogP contribution is -2.36. The van der Waals surface area contributed by atoms with Gasteiger partial charge >= 0.3 is 0 Å². The number of nitrogens with zero attached hydrogens (tertiary/aromatic N) is 3. The summed E-state index contributed by atoms with van der Waals surface area (Å²) in [6, 6.07) is 16.6. The van der Waals surface area contributed by atoms with E-state index in [1.807, 2.05) is 54.1 Å². The zero-order chi connectivity index (χ0) is 29.2. The van der Waals surface area contributed by atoms with Crippen LogP contribution in [0.1, 0.15) is 49.4 Å². The van der Waals surface area contributed by atoms with E-state index < -0.39 is 0 Å². The molecule has 0 saturated carbocycles. The summed E-state index contributed by atoms with van der Waals surface area (Å²) in [6.45, 7) is 7.04. The van der Waals surface area contributed by atoms with Crippen molar-refractivity contribution in [2.75, 3.05) is 52.1 Å². The molecule has 8 heteroatoms. The molecule has 4 aromatic rings. The highest BCUT2D eigenvalue weighted by Crippen LogP contribution is 2.45. The van der Waals surface area contributed by atoms with E-state index in [4.69, 9.17) is 4.74 Å². The van der Waals surface area contributed by atoms with Crippen LogP contribution in [0.15, 0.2) is 59.5 Å². The predicted molar refractivity (Wildman–Crippen MR) is 171 cm³/mol. The van der Waals surface area contributed by atoms with Crippen LogP contribution >= 0.6 is 0 Å². The van der Waals surface area contributed by atoms with Crippen LogP contribution in [0.3, 0.4) is 0 Å². The summed E-state index contributed by atoms with van der Waals surface area (Å²) in [5.74, 6) is 0.919. The molecular formula is C34H41N5O3. The van der Waals surface area contributed by atoms with Gasteiger partial charge in [0.25, 0.3) is 5.91 Å². The lowest BCUT2D eigenvalue weighted by molar-refractivity contribution is 0.0948. The van der Waals surface area contributed by atoms with Crippen LogP contribution in [-0.4, -0.2) is 73.1 Å². The number of nitrogens with one attached hydrogen (secondary N) is 2. The van der Waals surface area contributed by atoms with Crippen LogP contribution in [-0.2, 0) is 0 Å². The first-order valence-corrected chi connectivity index (χ1v) is 15.3. The monoisotopic (exact) mass is 567 g/mol. The number of rotatable bonds is 6. The number of likely N-dealkylation sites (tertiary alicyclic amines) is 2. The maximum Gasteiger partial charge on any atom is 0.256 e. The fraction of sp³-hybridized carbons (Fsp3) is 0.412. The minimum Gasteiger partial charge on any atom is -0.451 e. The molecule has 0 bridgehead atoms. The van der Waals surface area contributed by atoms with Gasteiger partial charge in [0.2, 0.25) is 5.43 Å². The lowest BCUT2D eigenvalue weighted by Gasteiger charge is -2.26. The van der Waals surface area contributed by atoms with Crippen molar-refractivity contribution in [1.82, 2.24) is 19.7 Å². The second kappa shape index (κ2) is 12.2. The van der Waals surface area contributed by atoms with E-state index >= 15 is 0 Å². The molecule has 3 aromatic carbocycles. The molecule has 3 aliphatic heterocycles. The van der Waals surface area contributed by atoms with Crippen molar-refractivity contribution in [1.29, 1.82) is 0 Å². The fourth-order valence-corrected chi connectivity index (χ4v) is 6.55. The Morgan fingerprint density at radius 3 is 2.45 bits per heavy atom. The van der Waals surface area contributed by atoms with Crippen LogP contribution < -0.4 is 20.8 Å². The molecule has 42 heavy (non-hydrogen) atoms. The van der Waals surface area contributed by atoms with E-state index in [1.165, 1.54) is 38.6 Å². The van der Waals surface area contributed by atoms with Crippen molar-refractivity contribution >= 4 is 33.3 Å². The molecule has 2 fully saturated rings. The zero-order valence-corrected chi connectivity index (χ0v) is 24.9. The average Bonchev–Trinajstić information content (AvgIpc) is 3.69. The van der Waals surface area contributed by atoms with Crippen molar-refractivity contribution in [3.05, 3.63) is 70.5 Å². The lowest BCUT2D eigenvalue weighted by atomic mass is 10.0. The zero-order valence-electron chi connectivity index (χ0n) is 24.9. The highest BCUT2D eigenvalue weighted by molar-refractivity contribution is 6.01. The summed E-state index contributed by atoms with van der Waals surface area (Å²) < 4.78 is 8.25. The molecule has 7 rings (SSSR count). The molecule has 1 amide bonds. The van der Waals surface area contributed by atoms with Crippen molar-refractivity contribution in [2.45, 2.75) is 45.1 Å². The van der Waals surface area contributed by atoms with Gasteiger partial charge in [0.1, 0.15) is 11.1 Å². The van der Waals surface area contributed by atoms with Gasteiger partial charge in [-0.1, -0.05) is 31.2 Å².